The number of aliphatic hydroxyl groups is 1. The molecular formula is C24H26O5. The second-order valence-corrected chi connectivity index (χ2v) is 6.56. The van der Waals surface area contributed by atoms with Crippen LogP contribution in [0, 0.1) is 0 Å². The molecule has 5 heteroatoms. The van der Waals surface area contributed by atoms with Crippen molar-refractivity contribution in [1.82, 2.24) is 0 Å². The first kappa shape index (κ1) is 20.6. The monoisotopic (exact) mass is 394 g/mol. The SMILES string of the molecule is COc1cc(CO)cc(OC)c1OC(C)c1ccccc1OCc1ccccc1. The molecule has 0 saturated heterocycles. The van der Waals surface area contributed by atoms with E-state index in [0.717, 1.165) is 16.9 Å². The first-order chi connectivity index (χ1) is 14.2. The van der Waals surface area contributed by atoms with Gasteiger partial charge in [-0.3, -0.25) is 0 Å². The molecule has 152 valence electrons. The molecule has 0 radical (unpaired) electrons. The number of aliphatic hydroxyl groups excluding tert-OH is 1. The lowest BCUT2D eigenvalue weighted by Gasteiger charge is -2.22. The summed E-state index contributed by atoms with van der Waals surface area (Å²) in [6.45, 7) is 2.31. The zero-order valence-electron chi connectivity index (χ0n) is 16.9. The smallest absolute Gasteiger partial charge is 0.204 e. The molecule has 5 nitrogen and oxygen atoms in total. The minimum atomic E-state index is -0.315. The van der Waals surface area contributed by atoms with Crippen LogP contribution < -0.4 is 18.9 Å². The highest BCUT2D eigenvalue weighted by Gasteiger charge is 2.20. The Bertz CT molecular complexity index is 899. The lowest BCUT2D eigenvalue weighted by Crippen LogP contribution is -2.08. The van der Waals surface area contributed by atoms with Gasteiger partial charge in [-0.1, -0.05) is 48.5 Å². The average molecular weight is 394 g/mol. The number of hydrogen-bond donors (Lipinski definition) is 1. The van der Waals surface area contributed by atoms with E-state index in [1.807, 2.05) is 61.5 Å². The molecule has 3 rings (SSSR count). The van der Waals surface area contributed by atoms with Gasteiger partial charge in [0, 0.05) is 5.56 Å². The lowest BCUT2D eigenvalue weighted by molar-refractivity contribution is 0.196. The molecule has 0 heterocycles. The highest BCUT2D eigenvalue weighted by atomic mass is 16.5. The van der Waals surface area contributed by atoms with E-state index >= 15 is 0 Å². The van der Waals surface area contributed by atoms with Crippen LogP contribution in [0.25, 0.3) is 0 Å². The van der Waals surface area contributed by atoms with Crippen molar-refractivity contribution in [2.75, 3.05) is 14.2 Å². The van der Waals surface area contributed by atoms with Gasteiger partial charge in [0.05, 0.1) is 20.8 Å². The van der Waals surface area contributed by atoms with Crippen molar-refractivity contribution in [3.05, 3.63) is 83.4 Å². The molecule has 1 N–H and O–H groups in total. The van der Waals surface area contributed by atoms with Crippen molar-refractivity contribution in [1.29, 1.82) is 0 Å². The molecule has 0 fully saturated rings. The zero-order chi connectivity index (χ0) is 20.6. The highest BCUT2D eigenvalue weighted by Crippen LogP contribution is 2.42. The van der Waals surface area contributed by atoms with Gasteiger partial charge < -0.3 is 24.1 Å². The zero-order valence-corrected chi connectivity index (χ0v) is 16.9. The molecule has 1 unspecified atom stereocenters. The van der Waals surface area contributed by atoms with Crippen LogP contribution in [0.1, 0.15) is 29.7 Å². The van der Waals surface area contributed by atoms with Crippen LogP contribution in [0.15, 0.2) is 66.7 Å². The topological polar surface area (TPSA) is 57.2 Å². The van der Waals surface area contributed by atoms with Crippen LogP contribution in [0.5, 0.6) is 23.0 Å². The van der Waals surface area contributed by atoms with Gasteiger partial charge in [0.2, 0.25) is 5.75 Å². The van der Waals surface area contributed by atoms with E-state index in [9.17, 15) is 5.11 Å². The largest absolute Gasteiger partial charge is 0.493 e. The summed E-state index contributed by atoms with van der Waals surface area (Å²) in [6.07, 6.45) is -0.315. The summed E-state index contributed by atoms with van der Waals surface area (Å²) in [5, 5.41) is 9.45. The predicted molar refractivity (Wildman–Crippen MR) is 112 cm³/mol. The van der Waals surface area contributed by atoms with E-state index in [-0.39, 0.29) is 12.7 Å². The van der Waals surface area contributed by atoms with E-state index in [1.165, 1.54) is 0 Å². The second-order valence-electron chi connectivity index (χ2n) is 6.56. The Morgan fingerprint density at radius 2 is 1.41 bits per heavy atom. The minimum Gasteiger partial charge on any atom is -0.493 e. The average Bonchev–Trinajstić information content (AvgIpc) is 2.78. The molecule has 3 aromatic carbocycles. The summed E-state index contributed by atoms with van der Waals surface area (Å²) in [5.74, 6) is 2.25. The van der Waals surface area contributed by atoms with Crippen LogP contribution in [0.2, 0.25) is 0 Å². The molecule has 0 saturated carbocycles. The molecule has 0 aliphatic rings. The normalized spacial score (nSPS) is 11.6. The third kappa shape index (κ3) is 5.00. The number of para-hydroxylation sites is 1. The molecule has 0 bridgehead atoms. The number of rotatable bonds is 9. The third-order valence-electron chi connectivity index (χ3n) is 4.59. The quantitative estimate of drug-likeness (QED) is 0.559. The first-order valence-electron chi connectivity index (χ1n) is 9.44. The second kappa shape index (κ2) is 9.85. The van der Waals surface area contributed by atoms with Gasteiger partial charge >= 0.3 is 0 Å². The van der Waals surface area contributed by atoms with Crippen LogP contribution in [0.3, 0.4) is 0 Å². The first-order valence-corrected chi connectivity index (χ1v) is 9.44. The summed E-state index contributed by atoms with van der Waals surface area (Å²) in [7, 11) is 3.12. The maximum absolute atomic E-state index is 9.45. The van der Waals surface area contributed by atoms with Gasteiger partial charge in [0.25, 0.3) is 0 Å². The van der Waals surface area contributed by atoms with E-state index in [0.29, 0.717) is 29.4 Å². The molecule has 0 spiro atoms. The lowest BCUT2D eigenvalue weighted by atomic mass is 10.1. The van der Waals surface area contributed by atoms with Crippen LogP contribution in [-0.2, 0) is 13.2 Å². The fourth-order valence-electron chi connectivity index (χ4n) is 3.07. The molecule has 0 aliphatic heterocycles. The summed E-state index contributed by atoms with van der Waals surface area (Å²) in [6, 6.07) is 21.3. The maximum Gasteiger partial charge on any atom is 0.204 e. The van der Waals surface area contributed by atoms with Crippen molar-refractivity contribution >= 4 is 0 Å². The van der Waals surface area contributed by atoms with E-state index < -0.39 is 0 Å². The summed E-state index contributed by atoms with van der Waals surface area (Å²) in [4.78, 5) is 0. The summed E-state index contributed by atoms with van der Waals surface area (Å²) < 4.78 is 23.2. The van der Waals surface area contributed by atoms with E-state index in [1.54, 1.807) is 26.4 Å². The van der Waals surface area contributed by atoms with Crippen molar-refractivity contribution in [2.24, 2.45) is 0 Å². The Balaban J connectivity index is 1.84. The fourth-order valence-corrected chi connectivity index (χ4v) is 3.07. The summed E-state index contributed by atoms with van der Waals surface area (Å²) in [5.41, 5.74) is 2.70. The van der Waals surface area contributed by atoms with Gasteiger partial charge in [-0.05, 0) is 36.2 Å². The van der Waals surface area contributed by atoms with Crippen molar-refractivity contribution in [3.8, 4) is 23.0 Å². The highest BCUT2D eigenvalue weighted by molar-refractivity contribution is 5.54. The Morgan fingerprint density at radius 3 is 2.03 bits per heavy atom. The molecule has 29 heavy (non-hydrogen) atoms. The molecule has 1 atom stereocenters. The number of hydrogen-bond acceptors (Lipinski definition) is 5. The fraction of sp³-hybridized carbons (Fsp3) is 0.250. The standard InChI is InChI=1S/C24H26O5/c1-17(29-24-22(26-2)13-19(15-25)14-23(24)27-3)20-11-7-8-12-21(20)28-16-18-9-5-4-6-10-18/h4-14,17,25H,15-16H2,1-3H3. The Kier molecular flexibility index (Phi) is 6.98. The van der Waals surface area contributed by atoms with Gasteiger partial charge in [-0.25, -0.2) is 0 Å². The van der Waals surface area contributed by atoms with Gasteiger partial charge in [-0.2, -0.15) is 0 Å². The molecule has 3 aromatic rings. The Labute approximate surface area is 171 Å². The Morgan fingerprint density at radius 1 is 0.793 bits per heavy atom. The van der Waals surface area contributed by atoms with Crippen molar-refractivity contribution in [3.63, 3.8) is 0 Å². The van der Waals surface area contributed by atoms with Gasteiger partial charge in [-0.15, -0.1) is 0 Å². The summed E-state index contributed by atoms with van der Waals surface area (Å²) >= 11 is 0. The maximum atomic E-state index is 9.45. The predicted octanol–water partition coefficient (Wildman–Crippen LogP) is 4.92. The number of ether oxygens (including phenoxy) is 4. The van der Waals surface area contributed by atoms with Gasteiger partial charge in [0.15, 0.2) is 11.5 Å². The third-order valence-corrected chi connectivity index (χ3v) is 4.59. The number of methoxy groups -OCH3 is 2. The van der Waals surface area contributed by atoms with E-state index in [2.05, 4.69) is 0 Å². The van der Waals surface area contributed by atoms with Gasteiger partial charge in [0.1, 0.15) is 18.5 Å². The van der Waals surface area contributed by atoms with E-state index in [4.69, 9.17) is 18.9 Å². The minimum absolute atomic E-state index is 0.112. The molecular weight excluding hydrogens is 368 g/mol. The van der Waals surface area contributed by atoms with Crippen molar-refractivity contribution < 1.29 is 24.1 Å². The van der Waals surface area contributed by atoms with Crippen LogP contribution in [-0.4, -0.2) is 19.3 Å². The number of benzene rings is 3. The van der Waals surface area contributed by atoms with Crippen molar-refractivity contribution in [2.45, 2.75) is 26.2 Å². The molecule has 0 aliphatic carbocycles. The van der Waals surface area contributed by atoms with Crippen LogP contribution >= 0.6 is 0 Å². The molecule has 0 amide bonds. The Hall–Kier alpha value is -3.18. The van der Waals surface area contributed by atoms with Crippen LogP contribution in [0.4, 0.5) is 0 Å². The molecule has 0 aromatic heterocycles.